The Labute approximate surface area is 95.5 Å². The van der Waals surface area contributed by atoms with E-state index in [1.54, 1.807) is 0 Å². The van der Waals surface area contributed by atoms with Crippen molar-refractivity contribution >= 4 is 17.5 Å². The Hall–Kier alpha value is -1.14. The molecular weight excluding hydrogens is 244 g/mol. The normalized spacial score (nSPS) is 10.8. The van der Waals surface area contributed by atoms with Crippen molar-refractivity contribution in [3.8, 4) is 0 Å². The van der Waals surface area contributed by atoms with Crippen molar-refractivity contribution in [1.29, 1.82) is 0 Å². The van der Waals surface area contributed by atoms with E-state index >= 15 is 0 Å². The second-order valence-electron chi connectivity index (χ2n) is 2.83. The minimum atomic E-state index is -2.50. The number of alkyl halides is 2. The van der Waals surface area contributed by atoms with E-state index < -0.39 is 18.9 Å². The molecule has 0 saturated carbocycles. The molecule has 1 rings (SSSR count). The molecule has 1 aromatic heterocycles. The van der Waals surface area contributed by atoms with Gasteiger partial charge in [-0.15, -0.1) is 0 Å². The molecule has 1 aromatic rings. The number of nitrogens with one attached hydrogen (secondary N) is 1. The summed E-state index contributed by atoms with van der Waals surface area (Å²) < 4.78 is 32.7. The maximum atomic E-state index is 11.6. The van der Waals surface area contributed by atoms with Crippen LogP contribution in [0.25, 0.3) is 0 Å². The van der Waals surface area contributed by atoms with Crippen LogP contribution >= 0.6 is 11.6 Å². The maximum Gasteiger partial charge on any atom is 0.287 e. The molecule has 0 spiro atoms. The van der Waals surface area contributed by atoms with E-state index in [4.69, 9.17) is 16.0 Å². The monoisotopic (exact) mass is 253 g/mol. The van der Waals surface area contributed by atoms with Crippen LogP contribution in [0.15, 0.2) is 16.5 Å². The molecule has 7 heteroatoms. The lowest BCUT2D eigenvalue weighted by Crippen LogP contribution is -2.27. The van der Waals surface area contributed by atoms with Gasteiger partial charge in [-0.3, -0.25) is 4.79 Å². The number of hydrogen-bond acceptors (Lipinski definition) is 3. The van der Waals surface area contributed by atoms with Crippen molar-refractivity contribution in [2.24, 2.45) is 0 Å². The summed E-state index contributed by atoms with van der Waals surface area (Å²) in [5.74, 6) is -0.397. The van der Waals surface area contributed by atoms with Crippen LogP contribution in [0.4, 0.5) is 8.78 Å². The van der Waals surface area contributed by atoms with Crippen LogP contribution < -0.4 is 5.32 Å². The van der Waals surface area contributed by atoms with Gasteiger partial charge in [0.15, 0.2) is 11.0 Å². The summed E-state index contributed by atoms with van der Waals surface area (Å²) in [5, 5.41) is 2.54. The fraction of sp³-hybridized carbons (Fsp3) is 0.444. The van der Waals surface area contributed by atoms with Gasteiger partial charge in [-0.1, -0.05) is 0 Å². The second-order valence-corrected chi connectivity index (χ2v) is 3.20. The number of carbonyl (C=O) groups is 1. The maximum absolute atomic E-state index is 11.6. The standard InChI is InChI=1S/C9H10ClF2NO3/c10-7-2-1-6(16-7)9(14)13-3-4-15-5-8(11)12/h1-2,8H,3-5H2,(H,13,14). The summed E-state index contributed by atoms with van der Waals surface area (Å²) in [7, 11) is 0. The molecule has 0 aliphatic rings. The highest BCUT2D eigenvalue weighted by Crippen LogP contribution is 2.12. The van der Waals surface area contributed by atoms with Crippen LogP contribution in [0.5, 0.6) is 0 Å². The third-order valence-electron chi connectivity index (χ3n) is 1.57. The van der Waals surface area contributed by atoms with Crippen molar-refractivity contribution in [3.63, 3.8) is 0 Å². The molecule has 0 atom stereocenters. The van der Waals surface area contributed by atoms with E-state index in [0.717, 1.165) is 0 Å². The summed E-state index contributed by atoms with van der Waals surface area (Å²) in [4.78, 5) is 11.3. The zero-order valence-electron chi connectivity index (χ0n) is 8.21. The van der Waals surface area contributed by atoms with Crippen LogP contribution in [0.3, 0.4) is 0 Å². The molecule has 0 aromatic carbocycles. The largest absolute Gasteiger partial charge is 0.440 e. The van der Waals surface area contributed by atoms with E-state index in [2.05, 4.69) is 10.1 Å². The number of furan rings is 1. The summed E-state index contributed by atoms with van der Waals surface area (Å²) >= 11 is 5.47. The van der Waals surface area contributed by atoms with Crippen LogP contribution in [0.2, 0.25) is 5.22 Å². The van der Waals surface area contributed by atoms with Gasteiger partial charge in [0.2, 0.25) is 0 Å². The van der Waals surface area contributed by atoms with Crippen molar-refractivity contribution < 1.29 is 22.7 Å². The topological polar surface area (TPSA) is 51.5 Å². The van der Waals surface area contributed by atoms with Gasteiger partial charge in [0.25, 0.3) is 12.3 Å². The third-order valence-corrected chi connectivity index (χ3v) is 1.78. The van der Waals surface area contributed by atoms with Gasteiger partial charge in [0.1, 0.15) is 6.61 Å². The fourth-order valence-corrected chi connectivity index (χ4v) is 1.08. The smallest absolute Gasteiger partial charge is 0.287 e. The lowest BCUT2D eigenvalue weighted by molar-refractivity contribution is 0.0187. The average Bonchev–Trinajstić information content (AvgIpc) is 2.63. The SMILES string of the molecule is O=C(NCCOCC(F)F)c1ccc(Cl)o1. The van der Waals surface area contributed by atoms with Gasteiger partial charge in [-0.05, 0) is 23.7 Å². The van der Waals surface area contributed by atoms with Crippen LogP contribution in [-0.4, -0.2) is 32.1 Å². The highest BCUT2D eigenvalue weighted by molar-refractivity contribution is 6.29. The molecule has 1 heterocycles. The molecule has 4 nitrogen and oxygen atoms in total. The summed E-state index contributed by atoms with van der Waals surface area (Å²) in [6.45, 7) is -0.489. The van der Waals surface area contributed by atoms with Gasteiger partial charge in [-0.25, -0.2) is 8.78 Å². The fourth-order valence-electron chi connectivity index (χ4n) is 0.933. The van der Waals surface area contributed by atoms with Crippen molar-refractivity contribution in [3.05, 3.63) is 23.1 Å². The lowest BCUT2D eigenvalue weighted by atomic mass is 10.4. The number of halogens is 3. The molecule has 90 valence electrons. The van der Waals surface area contributed by atoms with Gasteiger partial charge < -0.3 is 14.5 Å². The number of carbonyl (C=O) groups excluding carboxylic acids is 1. The summed E-state index contributed by atoms with van der Waals surface area (Å²) in [5.41, 5.74) is 0. The molecule has 0 fully saturated rings. The van der Waals surface area contributed by atoms with E-state index in [0.29, 0.717) is 0 Å². The average molecular weight is 254 g/mol. The Kier molecular flexibility index (Phi) is 5.21. The first kappa shape index (κ1) is 12.9. The van der Waals surface area contributed by atoms with E-state index in [1.807, 2.05) is 0 Å². The van der Waals surface area contributed by atoms with Crippen molar-refractivity contribution in [2.45, 2.75) is 6.43 Å². The second kappa shape index (κ2) is 6.44. The first-order valence-corrected chi connectivity index (χ1v) is 4.87. The molecule has 0 unspecified atom stereocenters. The molecule has 1 amide bonds. The molecule has 0 aliphatic carbocycles. The molecule has 0 aliphatic heterocycles. The number of rotatable bonds is 6. The van der Waals surface area contributed by atoms with Crippen molar-refractivity contribution in [1.82, 2.24) is 5.32 Å². The molecule has 16 heavy (non-hydrogen) atoms. The van der Waals surface area contributed by atoms with Gasteiger partial charge in [0.05, 0.1) is 6.61 Å². The predicted octanol–water partition coefficient (Wildman–Crippen LogP) is 1.94. The quantitative estimate of drug-likeness (QED) is 0.789. The highest BCUT2D eigenvalue weighted by Gasteiger charge is 2.09. The molecular formula is C9H10ClF2NO3. The van der Waals surface area contributed by atoms with Crippen LogP contribution in [0, 0.1) is 0 Å². The highest BCUT2D eigenvalue weighted by atomic mass is 35.5. The van der Waals surface area contributed by atoms with E-state index in [9.17, 15) is 13.6 Å². The van der Waals surface area contributed by atoms with Gasteiger partial charge >= 0.3 is 0 Å². The summed E-state index contributed by atoms with van der Waals surface area (Å²) in [6.07, 6.45) is -2.50. The molecule has 0 saturated heterocycles. The van der Waals surface area contributed by atoms with E-state index in [-0.39, 0.29) is 24.1 Å². The molecule has 1 N–H and O–H groups in total. The molecule has 0 bridgehead atoms. The summed E-state index contributed by atoms with van der Waals surface area (Å²) in [6, 6.07) is 2.85. The Morgan fingerprint density at radius 3 is 2.88 bits per heavy atom. The lowest BCUT2D eigenvalue weighted by Gasteiger charge is -2.04. The predicted molar refractivity (Wildman–Crippen MR) is 52.9 cm³/mol. The van der Waals surface area contributed by atoms with Crippen LogP contribution in [0.1, 0.15) is 10.6 Å². The van der Waals surface area contributed by atoms with Gasteiger partial charge in [0, 0.05) is 6.54 Å². The first-order valence-electron chi connectivity index (χ1n) is 4.49. The minimum Gasteiger partial charge on any atom is -0.440 e. The Bertz CT molecular complexity index is 343. The number of hydrogen-bond donors (Lipinski definition) is 1. The third kappa shape index (κ3) is 4.59. The minimum absolute atomic E-state index is 0.0184. The van der Waals surface area contributed by atoms with Crippen molar-refractivity contribution in [2.75, 3.05) is 19.8 Å². The zero-order valence-corrected chi connectivity index (χ0v) is 8.97. The van der Waals surface area contributed by atoms with Gasteiger partial charge in [-0.2, -0.15) is 0 Å². The Morgan fingerprint density at radius 2 is 2.31 bits per heavy atom. The number of amides is 1. The first-order chi connectivity index (χ1) is 7.59. The Balaban J connectivity index is 2.16. The zero-order chi connectivity index (χ0) is 12.0. The molecule has 0 radical (unpaired) electrons. The van der Waals surface area contributed by atoms with E-state index in [1.165, 1.54) is 12.1 Å². The Morgan fingerprint density at radius 1 is 1.56 bits per heavy atom. The number of ether oxygens (including phenoxy) is 1. The van der Waals surface area contributed by atoms with Crippen LogP contribution in [-0.2, 0) is 4.74 Å².